The third-order valence-electron chi connectivity index (χ3n) is 5.46. The number of hydrogen-bond donors (Lipinski definition) is 2. The maximum Gasteiger partial charge on any atom is 0.409 e. The zero-order valence-corrected chi connectivity index (χ0v) is 16.7. The molecule has 1 saturated heterocycles. The van der Waals surface area contributed by atoms with Crippen LogP contribution >= 0.6 is 0 Å². The molecule has 0 unspecified atom stereocenters. The van der Waals surface area contributed by atoms with Gasteiger partial charge >= 0.3 is 6.09 Å². The van der Waals surface area contributed by atoms with Gasteiger partial charge in [-0.2, -0.15) is 0 Å². The minimum Gasteiger partial charge on any atom is -0.450 e. The van der Waals surface area contributed by atoms with E-state index in [9.17, 15) is 9.59 Å². The number of carbonyl (C=O) groups excluding carboxylic acids is 2. The van der Waals surface area contributed by atoms with Crippen LogP contribution in [0.4, 0.5) is 10.6 Å². The predicted molar refractivity (Wildman–Crippen MR) is 106 cm³/mol. The van der Waals surface area contributed by atoms with Gasteiger partial charge in [0.05, 0.1) is 6.61 Å². The van der Waals surface area contributed by atoms with Crippen LogP contribution in [0.25, 0.3) is 0 Å². The summed E-state index contributed by atoms with van der Waals surface area (Å²) < 4.78 is 5.01. The first-order valence-corrected chi connectivity index (χ1v) is 10.5. The summed E-state index contributed by atoms with van der Waals surface area (Å²) in [4.78, 5) is 25.9. The van der Waals surface area contributed by atoms with E-state index in [-0.39, 0.29) is 18.0 Å². The van der Waals surface area contributed by atoms with E-state index in [1.54, 1.807) is 17.9 Å². The van der Waals surface area contributed by atoms with Gasteiger partial charge in [-0.3, -0.25) is 4.79 Å². The molecule has 0 aromatic carbocycles. The van der Waals surface area contributed by atoms with E-state index in [0.717, 1.165) is 18.7 Å². The van der Waals surface area contributed by atoms with E-state index in [1.807, 2.05) is 6.07 Å². The van der Waals surface area contributed by atoms with Crippen molar-refractivity contribution < 1.29 is 14.3 Å². The number of anilines is 1. The van der Waals surface area contributed by atoms with Crippen molar-refractivity contribution in [1.82, 2.24) is 20.4 Å². The minimum atomic E-state index is -0.282. The molecule has 1 aromatic heterocycles. The molecule has 1 aliphatic heterocycles. The van der Waals surface area contributed by atoms with Gasteiger partial charge in [0.15, 0.2) is 5.69 Å². The second-order valence-electron chi connectivity index (χ2n) is 7.57. The van der Waals surface area contributed by atoms with Crippen LogP contribution in [0.1, 0.15) is 68.8 Å². The highest BCUT2D eigenvalue weighted by atomic mass is 16.6. The fourth-order valence-electron chi connectivity index (χ4n) is 3.84. The van der Waals surface area contributed by atoms with Crippen LogP contribution in [0.2, 0.25) is 0 Å². The number of hydrogen-bond acceptors (Lipinski definition) is 6. The second-order valence-corrected chi connectivity index (χ2v) is 7.57. The Labute approximate surface area is 166 Å². The molecule has 2 N–H and O–H groups in total. The quantitative estimate of drug-likeness (QED) is 0.752. The second kappa shape index (κ2) is 10.2. The summed E-state index contributed by atoms with van der Waals surface area (Å²) in [5, 5.41) is 14.7. The molecule has 1 saturated carbocycles. The minimum absolute atomic E-state index is 0.0313. The van der Waals surface area contributed by atoms with E-state index >= 15 is 0 Å². The largest absolute Gasteiger partial charge is 0.450 e. The molecule has 1 aliphatic carbocycles. The van der Waals surface area contributed by atoms with Gasteiger partial charge < -0.3 is 20.3 Å². The summed E-state index contributed by atoms with van der Waals surface area (Å²) in [6, 6.07) is 4.02. The van der Waals surface area contributed by atoms with Crippen LogP contribution in [0, 0.1) is 0 Å². The molecule has 0 bridgehead atoms. The molecule has 1 aromatic rings. The number of amides is 2. The molecule has 28 heavy (non-hydrogen) atoms. The highest BCUT2D eigenvalue weighted by Crippen LogP contribution is 2.20. The lowest BCUT2D eigenvalue weighted by Crippen LogP contribution is -2.46. The molecule has 3 rings (SSSR count). The topological polar surface area (TPSA) is 96.5 Å². The molecule has 2 aliphatic rings. The van der Waals surface area contributed by atoms with Crippen LogP contribution < -0.4 is 10.6 Å². The molecule has 8 nitrogen and oxygen atoms in total. The molecular formula is C20H31N5O3. The van der Waals surface area contributed by atoms with Crippen molar-refractivity contribution in [3.05, 3.63) is 17.8 Å². The smallest absolute Gasteiger partial charge is 0.409 e. The van der Waals surface area contributed by atoms with E-state index < -0.39 is 0 Å². The van der Waals surface area contributed by atoms with Gasteiger partial charge in [0.25, 0.3) is 5.91 Å². The first-order chi connectivity index (χ1) is 13.7. The zero-order valence-electron chi connectivity index (χ0n) is 16.7. The van der Waals surface area contributed by atoms with Crippen molar-refractivity contribution in [2.45, 2.75) is 70.4 Å². The number of nitrogens with one attached hydrogen (secondary N) is 2. The SMILES string of the molecule is CCOC(=O)N1CCC(NC(=O)c2ccc(NC3CCCCCC3)nn2)CC1. The Hall–Kier alpha value is -2.38. The number of likely N-dealkylation sites (tertiary alicyclic amines) is 1. The number of carbonyl (C=O) groups is 2. The van der Waals surface area contributed by atoms with Crippen LogP contribution in [-0.2, 0) is 4.74 Å². The van der Waals surface area contributed by atoms with E-state index in [2.05, 4.69) is 20.8 Å². The third kappa shape index (κ3) is 5.81. The summed E-state index contributed by atoms with van der Waals surface area (Å²) in [6.45, 7) is 3.34. The maximum atomic E-state index is 12.4. The van der Waals surface area contributed by atoms with Gasteiger partial charge in [0.2, 0.25) is 0 Å². The number of piperidine rings is 1. The van der Waals surface area contributed by atoms with Crippen molar-refractivity contribution >= 4 is 17.8 Å². The van der Waals surface area contributed by atoms with Gasteiger partial charge in [-0.15, -0.1) is 10.2 Å². The van der Waals surface area contributed by atoms with Crippen molar-refractivity contribution in [2.24, 2.45) is 0 Å². The number of nitrogens with zero attached hydrogens (tertiary/aromatic N) is 3. The first-order valence-electron chi connectivity index (χ1n) is 10.5. The Morgan fingerprint density at radius 1 is 1.04 bits per heavy atom. The van der Waals surface area contributed by atoms with Gasteiger partial charge in [-0.05, 0) is 44.7 Å². The Balaban J connectivity index is 1.45. The molecule has 2 amide bonds. The standard InChI is InChI=1S/C20H31N5O3/c1-2-28-20(27)25-13-11-16(12-14-25)22-19(26)17-9-10-18(24-23-17)21-15-7-5-3-4-6-8-15/h9-10,15-16H,2-8,11-14H2,1H3,(H,21,24)(H,22,26). The van der Waals surface area contributed by atoms with Crippen LogP contribution in [-0.4, -0.2) is 58.9 Å². The van der Waals surface area contributed by atoms with Gasteiger partial charge in [-0.25, -0.2) is 4.79 Å². The average Bonchev–Trinajstić information content (AvgIpc) is 2.98. The highest BCUT2D eigenvalue weighted by Gasteiger charge is 2.25. The van der Waals surface area contributed by atoms with Crippen molar-refractivity contribution in [3.8, 4) is 0 Å². The molecule has 0 radical (unpaired) electrons. The van der Waals surface area contributed by atoms with E-state index in [1.165, 1.54) is 25.7 Å². The lowest BCUT2D eigenvalue weighted by atomic mass is 10.1. The Morgan fingerprint density at radius 3 is 2.36 bits per heavy atom. The van der Waals surface area contributed by atoms with Gasteiger partial charge in [-0.1, -0.05) is 25.7 Å². The molecular weight excluding hydrogens is 358 g/mol. The highest BCUT2D eigenvalue weighted by molar-refractivity contribution is 5.92. The molecule has 8 heteroatoms. The monoisotopic (exact) mass is 389 g/mol. The number of aromatic nitrogens is 2. The van der Waals surface area contributed by atoms with Crippen molar-refractivity contribution in [3.63, 3.8) is 0 Å². The van der Waals surface area contributed by atoms with Crippen LogP contribution in [0.5, 0.6) is 0 Å². The van der Waals surface area contributed by atoms with Crippen LogP contribution in [0.3, 0.4) is 0 Å². The third-order valence-corrected chi connectivity index (χ3v) is 5.46. The Kier molecular flexibility index (Phi) is 7.45. The zero-order chi connectivity index (χ0) is 19.8. The maximum absolute atomic E-state index is 12.4. The van der Waals surface area contributed by atoms with Gasteiger partial charge in [0.1, 0.15) is 5.82 Å². The first kappa shape index (κ1) is 20.4. The van der Waals surface area contributed by atoms with Crippen LogP contribution in [0.15, 0.2) is 12.1 Å². The number of rotatable bonds is 5. The summed E-state index contributed by atoms with van der Waals surface area (Å²) in [5.74, 6) is 0.509. The lowest BCUT2D eigenvalue weighted by molar-refractivity contribution is 0.0856. The summed E-state index contributed by atoms with van der Waals surface area (Å²) in [6.07, 6.45) is 8.57. The molecule has 2 heterocycles. The lowest BCUT2D eigenvalue weighted by Gasteiger charge is -2.31. The molecule has 0 spiro atoms. The summed E-state index contributed by atoms with van der Waals surface area (Å²) in [7, 11) is 0. The van der Waals surface area contributed by atoms with E-state index in [4.69, 9.17) is 4.74 Å². The molecule has 154 valence electrons. The molecule has 2 fully saturated rings. The normalized spacial score (nSPS) is 19.0. The van der Waals surface area contributed by atoms with E-state index in [0.29, 0.717) is 44.3 Å². The fraction of sp³-hybridized carbons (Fsp3) is 0.700. The predicted octanol–water partition coefficient (Wildman–Crippen LogP) is 2.96. The Morgan fingerprint density at radius 2 is 1.75 bits per heavy atom. The van der Waals surface area contributed by atoms with Gasteiger partial charge in [0, 0.05) is 25.2 Å². The molecule has 0 atom stereocenters. The van der Waals surface area contributed by atoms with Crippen molar-refractivity contribution in [2.75, 3.05) is 25.0 Å². The fourth-order valence-corrected chi connectivity index (χ4v) is 3.84. The summed E-state index contributed by atoms with van der Waals surface area (Å²) >= 11 is 0. The Bertz CT molecular complexity index is 636. The van der Waals surface area contributed by atoms with Crippen molar-refractivity contribution in [1.29, 1.82) is 0 Å². The summed E-state index contributed by atoms with van der Waals surface area (Å²) in [5.41, 5.74) is 0.319. The number of ether oxygens (including phenoxy) is 1. The average molecular weight is 390 g/mol.